The van der Waals surface area contributed by atoms with Gasteiger partial charge in [-0.15, -0.1) is 12.4 Å². The van der Waals surface area contributed by atoms with Crippen LogP contribution in [-0.4, -0.2) is 48.0 Å². The summed E-state index contributed by atoms with van der Waals surface area (Å²) in [6, 6.07) is 4.54. The molecular weight excluding hydrogens is 360 g/mol. The Balaban J connectivity index is 0.00000338. The van der Waals surface area contributed by atoms with E-state index >= 15 is 0 Å². The molecule has 2 rings (SSSR count). The maximum absolute atomic E-state index is 12.3. The molecular formula is C17H27ClN4O4. The van der Waals surface area contributed by atoms with E-state index < -0.39 is 4.92 Å². The number of halogens is 1. The van der Waals surface area contributed by atoms with Gasteiger partial charge in [0.25, 0.3) is 5.69 Å². The molecule has 0 saturated carbocycles. The van der Waals surface area contributed by atoms with Crippen molar-refractivity contribution in [2.45, 2.75) is 33.2 Å². The molecule has 1 heterocycles. The fourth-order valence-electron chi connectivity index (χ4n) is 3.04. The number of nitrogens with one attached hydrogen (secondary N) is 1. The smallest absolute Gasteiger partial charge is 0.296 e. The lowest BCUT2D eigenvalue weighted by Crippen LogP contribution is -2.53. The predicted octanol–water partition coefficient (Wildman–Crippen LogP) is 2.41. The highest BCUT2D eigenvalue weighted by Gasteiger charge is 2.34. The number of amides is 1. The van der Waals surface area contributed by atoms with Crippen LogP contribution in [0.25, 0.3) is 0 Å². The average molecular weight is 387 g/mol. The molecule has 0 aliphatic carbocycles. The molecule has 1 atom stereocenters. The number of nitrogens with zero attached hydrogens (tertiary/aromatic N) is 2. The van der Waals surface area contributed by atoms with Crippen LogP contribution in [0.2, 0.25) is 0 Å². The minimum atomic E-state index is -0.527. The zero-order valence-corrected chi connectivity index (χ0v) is 16.2. The maximum atomic E-state index is 12.3. The van der Waals surface area contributed by atoms with Gasteiger partial charge in [0.15, 0.2) is 0 Å². The van der Waals surface area contributed by atoms with Crippen LogP contribution in [-0.2, 0) is 4.79 Å². The first kappa shape index (κ1) is 22.1. The van der Waals surface area contributed by atoms with Crippen molar-refractivity contribution < 1.29 is 14.5 Å². The van der Waals surface area contributed by atoms with E-state index in [1.54, 1.807) is 13.0 Å². The molecule has 0 bridgehead atoms. The lowest BCUT2D eigenvalue weighted by atomic mass is 9.80. The second-order valence-corrected chi connectivity index (χ2v) is 7.01. The van der Waals surface area contributed by atoms with Gasteiger partial charge in [0.1, 0.15) is 11.4 Å². The van der Waals surface area contributed by atoms with Crippen LogP contribution < -0.4 is 15.8 Å². The third kappa shape index (κ3) is 5.55. The fourth-order valence-corrected chi connectivity index (χ4v) is 3.04. The number of benzene rings is 1. The maximum Gasteiger partial charge on any atom is 0.296 e. The normalized spacial score (nSPS) is 19.3. The van der Waals surface area contributed by atoms with Crippen LogP contribution in [0.3, 0.4) is 0 Å². The first-order chi connectivity index (χ1) is 11.7. The number of carbonyl (C=O) groups is 1. The predicted molar refractivity (Wildman–Crippen MR) is 103 cm³/mol. The number of rotatable bonds is 6. The molecule has 9 heteroatoms. The minimum absolute atomic E-state index is 0. The Morgan fingerprint density at radius 1 is 1.50 bits per heavy atom. The number of hydrogen-bond donors (Lipinski definition) is 2. The van der Waals surface area contributed by atoms with Gasteiger partial charge in [-0.25, -0.2) is 0 Å². The SMILES string of the molecule is CCOc1ccc(NC(=O)CN2CCC(N)C(C)(C)C2)c([N+](=O)[O-])c1.Cl. The van der Waals surface area contributed by atoms with E-state index in [9.17, 15) is 14.9 Å². The fraction of sp³-hybridized carbons (Fsp3) is 0.588. The Hall–Kier alpha value is -1.90. The molecule has 1 aliphatic heterocycles. The summed E-state index contributed by atoms with van der Waals surface area (Å²) in [5, 5.41) is 13.9. The minimum Gasteiger partial charge on any atom is -0.494 e. The van der Waals surface area contributed by atoms with E-state index in [0.717, 1.165) is 13.0 Å². The molecule has 1 unspecified atom stereocenters. The summed E-state index contributed by atoms with van der Waals surface area (Å²) in [7, 11) is 0. The number of nitrogens with two attached hydrogens (primary N) is 1. The summed E-state index contributed by atoms with van der Waals surface area (Å²) in [4.78, 5) is 25.1. The molecule has 1 saturated heterocycles. The van der Waals surface area contributed by atoms with Crippen molar-refractivity contribution in [1.82, 2.24) is 4.90 Å². The third-order valence-corrected chi connectivity index (χ3v) is 4.51. The first-order valence-electron chi connectivity index (χ1n) is 8.42. The van der Waals surface area contributed by atoms with E-state index in [2.05, 4.69) is 19.2 Å². The molecule has 1 amide bonds. The number of nitro benzene ring substituents is 1. The van der Waals surface area contributed by atoms with Gasteiger partial charge in [0.05, 0.1) is 24.1 Å². The molecule has 0 aromatic heterocycles. The van der Waals surface area contributed by atoms with Crippen LogP contribution in [0.1, 0.15) is 27.2 Å². The topological polar surface area (TPSA) is 111 Å². The summed E-state index contributed by atoms with van der Waals surface area (Å²) >= 11 is 0. The highest BCUT2D eigenvalue weighted by atomic mass is 35.5. The lowest BCUT2D eigenvalue weighted by Gasteiger charge is -2.42. The highest BCUT2D eigenvalue weighted by molar-refractivity contribution is 5.94. The van der Waals surface area contributed by atoms with E-state index in [0.29, 0.717) is 18.9 Å². The molecule has 26 heavy (non-hydrogen) atoms. The van der Waals surface area contributed by atoms with Gasteiger partial charge in [-0.3, -0.25) is 19.8 Å². The van der Waals surface area contributed by atoms with Gasteiger partial charge >= 0.3 is 0 Å². The average Bonchev–Trinajstić information content (AvgIpc) is 2.52. The largest absolute Gasteiger partial charge is 0.494 e. The van der Waals surface area contributed by atoms with Crippen LogP contribution in [0, 0.1) is 15.5 Å². The molecule has 1 aliphatic rings. The molecule has 1 aromatic carbocycles. The quantitative estimate of drug-likeness (QED) is 0.573. The number of hydrogen-bond acceptors (Lipinski definition) is 6. The summed E-state index contributed by atoms with van der Waals surface area (Å²) in [5.74, 6) is 0.123. The first-order valence-corrected chi connectivity index (χ1v) is 8.42. The molecule has 0 spiro atoms. The monoisotopic (exact) mass is 386 g/mol. The van der Waals surface area contributed by atoms with Crippen molar-refractivity contribution in [1.29, 1.82) is 0 Å². The van der Waals surface area contributed by atoms with Crippen molar-refractivity contribution in [3.05, 3.63) is 28.3 Å². The van der Waals surface area contributed by atoms with E-state index in [4.69, 9.17) is 10.5 Å². The molecule has 0 radical (unpaired) electrons. The molecule has 3 N–H and O–H groups in total. The van der Waals surface area contributed by atoms with Crippen LogP contribution in [0.5, 0.6) is 5.75 Å². The van der Waals surface area contributed by atoms with Gasteiger partial charge in [-0.05, 0) is 30.9 Å². The summed E-state index contributed by atoms with van der Waals surface area (Å²) in [6.45, 7) is 8.01. The van der Waals surface area contributed by atoms with Gasteiger partial charge in [-0.2, -0.15) is 0 Å². The number of ether oxygens (including phenoxy) is 1. The zero-order chi connectivity index (χ0) is 18.6. The molecule has 8 nitrogen and oxygen atoms in total. The van der Waals surface area contributed by atoms with Crippen molar-refractivity contribution in [3.63, 3.8) is 0 Å². The lowest BCUT2D eigenvalue weighted by molar-refractivity contribution is -0.384. The van der Waals surface area contributed by atoms with Crippen LogP contribution >= 0.6 is 12.4 Å². The Kier molecular flexibility index (Phi) is 7.80. The Labute approximate surface area is 159 Å². The Morgan fingerprint density at radius 2 is 2.19 bits per heavy atom. The van der Waals surface area contributed by atoms with Crippen molar-refractivity contribution in [3.8, 4) is 5.75 Å². The van der Waals surface area contributed by atoms with Gasteiger partial charge < -0.3 is 15.8 Å². The van der Waals surface area contributed by atoms with Crippen molar-refractivity contribution >= 4 is 29.7 Å². The van der Waals surface area contributed by atoms with Crippen molar-refractivity contribution in [2.75, 3.05) is 31.6 Å². The summed E-state index contributed by atoms with van der Waals surface area (Å²) in [6.07, 6.45) is 0.823. The Morgan fingerprint density at radius 3 is 2.77 bits per heavy atom. The Bertz CT molecular complexity index is 654. The number of likely N-dealkylation sites (tertiary alicyclic amines) is 1. The van der Waals surface area contributed by atoms with Gasteiger partial charge in [-0.1, -0.05) is 13.8 Å². The third-order valence-electron chi connectivity index (χ3n) is 4.51. The summed E-state index contributed by atoms with van der Waals surface area (Å²) in [5.41, 5.74) is 6.03. The number of carbonyl (C=O) groups excluding carboxylic acids is 1. The van der Waals surface area contributed by atoms with Crippen molar-refractivity contribution in [2.24, 2.45) is 11.1 Å². The molecule has 146 valence electrons. The second kappa shape index (κ2) is 9.16. The highest BCUT2D eigenvalue weighted by Crippen LogP contribution is 2.30. The van der Waals surface area contributed by atoms with E-state index in [1.807, 2.05) is 4.90 Å². The second-order valence-electron chi connectivity index (χ2n) is 7.01. The van der Waals surface area contributed by atoms with Crippen LogP contribution in [0.15, 0.2) is 18.2 Å². The number of anilines is 1. The number of piperidine rings is 1. The summed E-state index contributed by atoms with van der Waals surface area (Å²) < 4.78 is 5.27. The molecule has 1 aromatic rings. The van der Waals surface area contributed by atoms with Crippen LogP contribution in [0.4, 0.5) is 11.4 Å². The van der Waals surface area contributed by atoms with Gasteiger partial charge in [0, 0.05) is 19.1 Å². The standard InChI is InChI=1S/C17H26N4O4.ClH/c1-4-25-12-5-6-13(14(9-12)21(23)24)19-16(22)10-20-8-7-15(18)17(2,3)11-20;/h5-6,9,15H,4,7-8,10-11,18H2,1-3H3,(H,19,22);1H. The molecule has 1 fully saturated rings. The van der Waals surface area contributed by atoms with E-state index in [-0.39, 0.29) is 47.7 Å². The van der Waals surface area contributed by atoms with E-state index in [1.165, 1.54) is 12.1 Å². The van der Waals surface area contributed by atoms with Gasteiger partial charge in [0.2, 0.25) is 5.91 Å². The number of nitro groups is 1. The zero-order valence-electron chi connectivity index (χ0n) is 15.4.